The highest BCUT2D eigenvalue weighted by molar-refractivity contribution is 7.10. The van der Waals surface area contributed by atoms with Gasteiger partial charge in [-0.15, -0.1) is 11.3 Å². The lowest BCUT2D eigenvalue weighted by Crippen LogP contribution is -2.08. The van der Waals surface area contributed by atoms with Crippen LogP contribution in [0.3, 0.4) is 0 Å². The van der Waals surface area contributed by atoms with Crippen LogP contribution in [0.15, 0.2) is 12.0 Å². The van der Waals surface area contributed by atoms with Crippen molar-refractivity contribution in [2.75, 3.05) is 6.54 Å². The number of hydrogen-bond donors (Lipinski definition) is 0. The molecule has 1 aromatic heterocycles. The summed E-state index contributed by atoms with van der Waals surface area (Å²) in [6.45, 7) is 6.04. The quantitative estimate of drug-likeness (QED) is 0.555. The Morgan fingerprint density at radius 1 is 1.79 bits per heavy atom. The zero-order chi connectivity index (χ0) is 10.3. The van der Waals surface area contributed by atoms with Crippen molar-refractivity contribution in [1.82, 2.24) is 0 Å². The molecule has 1 aromatic rings. The highest BCUT2D eigenvalue weighted by Crippen LogP contribution is 2.45. The number of rotatable bonds is 2. The fourth-order valence-corrected chi connectivity index (χ4v) is 3.23. The molecule has 0 amide bonds. The molecule has 0 N–H and O–H groups in total. The molecule has 1 aliphatic rings. The van der Waals surface area contributed by atoms with E-state index in [0.29, 0.717) is 0 Å². The summed E-state index contributed by atoms with van der Waals surface area (Å²) in [5, 5.41) is 12.5. The Hall–Kier alpha value is -1.16. The van der Waals surface area contributed by atoms with Gasteiger partial charge in [0.2, 0.25) is 6.54 Å². The number of aryl methyl sites for hydroxylation is 1. The van der Waals surface area contributed by atoms with Crippen molar-refractivity contribution in [2.45, 2.75) is 19.3 Å². The van der Waals surface area contributed by atoms with Gasteiger partial charge >= 0.3 is 0 Å². The van der Waals surface area contributed by atoms with E-state index in [-0.39, 0.29) is 17.4 Å². The summed E-state index contributed by atoms with van der Waals surface area (Å²) in [6, 6.07) is 0. The predicted molar refractivity (Wildman–Crippen MR) is 57.3 cm³/mol. The number of fused-ring (bicyclic) bond motifs is 1. The van der Waals surface area contributed by atoms with E-state index >= 15 is 0 Å². The van der Waals surface area contributed by atoms with Crippen molar-refractivity contribution in [1.29, 1.82) is 0 Å². The molecule has 0 bridgehead atoms. The van der Waals surface area contributed by atoms with Gasteiger partial charge in [-0.2, -0.15) is 0 Å². The number of nitrogens with zero attached hydrogens (tertiary/aromatic N) is 1. The van der Waals surface area contributed by atoms with E-state index in [1.165, 1.54) is 11.1 Å². The van der Waals surface area contributed by atoms with Crippen molar-refractivity contribution < 1.29 is 4.92 Å². The minimum atomic E-state index is -0.234. The first-order valence-corrected chi connectivity index (χ1v) is 5.35. The van der Waals surface area contributed by atoms with Gasteiger partial charge in [0, 0.05) is 9.80 Å². The molecule has 2 rings (SSSR count). The van der Waals surface area contributed by atoms with Gasteiger partial charge in [0.05, 0.1) is 5.92 Å². The molecule has 74 valence electrons. The van der Waals surface area contributed by atoms with Crippen LogP contribution in [0.1, 0.15) is 28.3 Å². The zero-order valence-electron chi connectivity index (χ0n) is 7.95. The molecule has 1 heterocycles. The van der Waals surface area contributed by atoms with Gasteiger partial charge in [-0.1, -0.05) is 6.58 Å². The van der Waals surface area contributed by atoms with Crippen molar-refractivity contribution in [3.63, 3.8) is 0 Å². The smallest absolute Gasteiger partial charge is 0.211 e. The van der Waals surface area contributed by atoms with Gasteiger partial charge in [0.1, 0.15) is 0 Å². The SMILES string of the molecule is C=C1CC(C[N+](=O)[O-])c2scc(C)c21. The Kier molecular flexibility index (Phi) is 2.15. The Balaban J connectivity index is 2.35. The molecule has 0 aromatic carbocycles. The molecule has 0 aliphatic heterocycles. The molecule has 1 aliphatic carbocycles. The van der Waals surface area contributed by atoms with E-state index in [0.717, 1.165) is 16.9 Å². The van der Waals surface area contributed by atoms with Crippen molar-refractivity contribution in [3.05, 3.63) is 38.1 Å². The number of hydrogen-bond acceptors (Lipinski definition) is 3. The van der Waals surface area contributed by atoms with Crippen molar-refractivity contribution in [2.24, 2.45) is 0 Å². The Morgan fingerprint density at radius 3 is 3.14 bits per heavy atom. The monoisotopic (exact) mass is 209 g/mol. The zero-order valence-corrected chi connectivity index (χ0v) is 8.76. The first kappa shape index (κ1) is 9.40. The third kappa shape index (κ3) is 1.35. The predicted octanol–water partition coefficient (Wildman–Crippen LogP) is 2.83. The molecule has 1 atom stereocenters. The summed E-state index contributed by atoms with van der Waals surface area (Å²) in [7, 11) is 0. The number of thiophene rings is 1. The Morgan fingerprint density at radius 2 is 2.50 bits per heavy atom. The summed E-state index contributed by atoms with van der Waals surface area (Å²) in [5.74, 6) is 0.0613. The Bertz CT molecular complexity index is 408. The second-order valence-electron chi connectivity index (χ2n) is 3.68. The summed E-state index contributed by atoms with van der Waals surface area (Å²) in [5.41, 5.74) is 3.45. The number of allylic oxidation sites excluding steroid dienone is 1. The molecule has 3 nitrogen and oxygen atoms in total. The van der Waals surface area contributed by atoms with Crippen LogP contribution >= 0.6 is 11.3 Å². The highest BCUT2D eigenvalue weighted by atomic mass is 32.1. The Labute approximate surface area is 86.2 Å². The van der Waals surface area contributed by atoms with Crippen LogP contribution in [0.2, 0.25) is 0 Å². The van der Waals surface area contributed by atoms with Crippen molar-refractivity contribution >= 4 is 16.9 Å². The average molecular weight is 209 g/mol. The second-order valence-corrected chi connectivity index (χ2v) is 4.59. The minimum Gasteiger partial charge on any atom is -0.265 e. The van der Waals surface area contributed by atoms with E-state index in [9.17, 15) is 10.1 Å². The first-order valence-electron chi connectivity index (χ1n) is 4.47. The maximum absolute atomic E-state index is 10.5. The van der Waals surface area contributed by atoms with E-state index in [2.05, 4.69) is 12.0 Å². The summed E-state index contributed by atoms with van der Waals surface area (Å²) in [4.78, 5) is 11.4. The lowest BCUT2D eigenvalue weighted by molar-refractivity contribution is -0.483. The van der Waals surface area contributed by atoms with E-state index in [4.69, 9.17) is 0 Å². The van der Waals surface area contributed by atoms with Gasteiger partial charge < -0.3 is 0 Å². The summed E-state index contributed by atoms with van der Waals surface area (Å²) < 4.78 is 0. The van der Waals surface area contributed by atoms with Crippen LogP contribution in [-0.2, 0) is 0 Å². The molecule has 0 saturated carbocycles. The molecule has 0 saturated heterocycles. The molecule has 0 fully saturated rings. The average Bonchev–Trinajstić information content (AvgIpc) is 2.56. The molecule has 0 spiro atoms. The molecular formula is C10H11NO2S. The van der Waals surface area contributed by atoms with Gasteiger partial charge in [0.15, 0.2) is 0 Å². The van der Waals surface area contributed by atoms with Crippen LogP contribution < -0.4 is 0 Å². The second kappa shape index (κ2) is 3.20. The standard InChI is InChI=1S/C10H11NO2S/c1-6-3-8(4-11(12)13)10-9(6)7(2)5-14-10/h5,8H,1,3-4H2,2H3. The fraction of sp³-hybridized carbons (Fsp3) is 0.400. The normalized spacial score (nSPS) is 19.8. The molecule has 14 heavy (non-hydrogen) atoms. The van der Waals surface area contributed by atoms with Crippen LogP contribution in [0.25, 0.3) is 5.57 Å². The van der Waals surface area contributed by atoms with Gasteiger partial charge in [-0.25, -0.2) is 0 Å². The lowest BCUT2D eigenvalue weighted by Gasteiger charge is -2.01. The van der Waals surface area contributed by atoms with Gasteiger partial charge in [0.25, 0.3) is 0 Å². The fourth-order valence-electron chi connectivity index (χ4n) is 2.04. The van der Waals surface area contributed by atoms with E-state index in [1.54, 1.807) is 11.3 Å². The first-order chi connectivity index (χ1) is 6.59. The van der Waals surface area contributed by atoms with Gasteiger partial charge in [-0.3, -0.25) is 10.1 Å². The molecule has 1 unspecified atom stereocenters. The molecule has 0 radical (unpaired) electrons. The van der Waals surface area contributed by atoms with Crippen LogP contribution in [0, 0.1) is 17.0 Å². The van der Waals surface area contributed by atoms with Crippen LogP contribution in [-0.4, -0.2) is 11.5 Å². The topological polar surface area (TPSA) is 43.1 Å². The third-order valence-corrected chi connectivity index (χ3v) is 3.85. The maximum Gasteiger partial charge on any atom is 0.211 e. The lowest BCUT2D eigenvalue weighted by atomic mass is 10.1. The molecular weight excluding hydrogens is 198 g/mol. The van der Waals surface area contributed by atoms with E-state index in [1.807, 2.05) is 6.92 Å². The third-order valence-electron chi connectivity index (χ3n) is 2.59. The summed E-state index contributed by atoms with van der Waals surface area (Å²) in [6.07, 6.45) is 0.754. The highest BCUT2D eigenvalue weighted by Gasteiger charge is 2.31. The molecule has 4 heteroatoms. The van der Waals surface area contributed by atoms with Crippen molar-refractivity contribution in [3.8, 4) is 0 Å². The minimum absolute atomic E-state index is 0.0337. The van der Waals surface area contributed by atoms with E-state index < -0.39 is 0 Å². The largest absolute Gasteiger partial charge is 0.265 e. The van der Waals surface area contributed by atoms with Crippen LogP contribution in [0.4, 0.5) is 0 Å². The van der Waals surface area contributed by atoms with Crippen LogP contribution in [0.5, 0.6) is 0 Å². The maximum atomic E-state index is 10.5. The number of nitro groups is 1. The summed E-state index contributed by atoms with van der Waals surface area (Å²) >= 11 is 1.63. The van der Waals surface area contributed by atoms with Gasteiger partial charge in [-0.05, 0) is 35.4 Å².